The molecule has 1 heterocycles. The molecular weight excluding hydrogens is 462 g/mol. The third-order valence-corrected chi connectivity index (χ3v) is 4.87. The van der Waals surface area contributed by atoms with Crippen LogP contribution < -0.4 is 5.32 Å². The molecule has 1 N–H and O–H groups in total. The minimum Gasteiger partial charge on any atom is -0.320 e. The van der Waals surface area contributed by atoms with Crippen LogP contribution in [0.2, 0.25) is 0 Å². The van der Waals surface area contributed by atoms with Crippen LogP contribution >= 0.6 is 27.7 Å². The van der Waals surface area contributed by atoms with Gasteiger partial charge in [0, 0.05) is 22.3 Å². The highest BCUT2D eigenvalue weighted by Crippen LogP contribution is 2.25. The third-order valence-electron chi connectivity index (χ3n) is 3.48. The molecule has 144 valence electrons. The first-order valence-corrected chi connectivity index (χ1v) is 9.47. The third kappa shape index (κ3) is 4.68. The minimum atomic E-state index is -1.68. The Morgan fingerprint density at radius 3 is 2.32 bits per heavy atom. The largest absolute Gasteiger partial charge is 0.320 e. The fourth-order valence-electron chi connectivity index (χ4n) is 2.18. The van der Waals surface area contributed by atoms with Crippen molar-refractivity contribution in [2.75, 3.05) is 11.1 Å². The van der Waals surface area contributed by atoms with E-state index in [-0.39, 0.29) is 17.0 Å². The lowest BCUT2D eigenvalue weighted by atomic mass is 10.1. The molecule has 1 aromatic heterocycles. The number of hydrogen-bond acceptors (Lipinski definition) is 4. The molecular formula is C18H10BrF4N3OS. The second kappa shape index (κ2) is 8.70. The van der Waals surface area contributed by atoms with Gasteiger partial charge in [0.25, 0.3) is 0 Å². The van der Waals surface area contributed by atoms with E-state index in [9.17, 15) is 22.4 Å². The average molecular weight is 472 g/mol. The van der Waals surface area contributed by atoms with Crippen molar-refractivity contribution in [3.8, 4) is 11.3 Å². The number of amides is 1. The Morgan fingerprint density at radius 1 is 1.04 bits per heavy atom. The molecule has 0 saturated heterocycles. The quantitative estimate of drug-likeness (QED) is 0.240. The summed E-state index contributed by atoms with van der Waals surface area (Å²) >= 11 is 4.24. The highest BCUT2D eigenvalue weighted by Gasteiger charge is 2.21. The lowest BCUT2D eigenvalue weighted by Crippen LogP contribution is -2.17. The number of carbonyl (C=O) groups excluding carboxylic acids is 1. The van der Waals surface area contributed by atoms with Crippen LogP contribution in [0.4, 0.5) is 23.2 Å². The van der Waals surface area contributed by atoms with Crippen molar-refractivity contribution >= 4 is 39.3 Å². The zero-order valence-electron chi connectivity index (χ0n) is 13.8. The fraction of sp³-hybridized carbons (Fsp3) is 0.0556. The molecule has 2 aromatic carbocycles. The molecule has 3 aromatic rings. The molecule has 28 heavy (non-hydrogen) atoms. The van der Waals surface area contributed by atoms with E-state index < -0.39 is 34.9 Å². The van der Waals surface area contributed by atoms with E-state index >= 15 is 0 Å². The van der Waals surface area contributed by atoms with E-state index in [1.807, 2.05) is 29.6 Å². The van der Waals surface area contributed by atoms with Crippen molar-refractivity contribution in [1.29, 1.82) is 0 Å². The predicted molar refractivity (Wildman–Crippen MR) is 101 cm³/mol. The van der Waals surface area contributed by atoms with E-state index in [1.165, 1.54) is 6.20 Å². The molecule has 0 saturated carbocycles. The first-order valence-electron chi connectivity index (χ1n) is 7.70. The van der Waals surface area contributed by atoms with Gasteiger partial charge in [-0.05, 0) is 18.2 Å². The number of rotatable bonds is 5. The van der Waals surface area contributed by atoms with Crippen LogP contribution in [0.25, 0.3) is 11.3 Å². The molecule has 0 spiro atoms. The van der Waals surface area contributed by atoms with Crippen molar-refractivity contribution in [3.05, 3.63) is 70.3 Å². The van der Waals surface area contributed by atoms with Crippen molar-refractivity contribution in [1.82, 2.24) is 9.97 Å². The van der Waals surface area contributed by atoms with Crippen LogP contribution in [0.3, 0.4) is 0 Å². The minimum absolute atomic E-state index is 0.0660. The number of benzene rings is 2. The maximum absolute atomic E-state index is 13.6. The summed E-state index contributed by atoms with van der Waals surface area (Å²) in [5.41, 5.74) is 0.276. The standard InChI is InChI=1S/C18H10BrF4N3OS/c19-10-3-1-9(2-4-10)13-5-6-24-18(25-13)28-8-14(27)26-17-15(22)11(20)7-12(21)16(17)23/h1-7H,8H2,(H,26,27). The SMILES string of the molecule is O=C(CSc1nccc(-c2ccc(Br)cc2)n1)Nc1c(F)c(F)cc(F)c1F. The Kier molecular flexibility index (Phi) is 6.30. The number of nitrogens with one attached hydrogen (secondary N) is 1. The molecule has 1 amide bonds. The number of anilines is 1. The Balaban J connectivity index is 1.69. The van der Waals surface area contributed by atoms with Gasteiger partial charge in [-0.2, -0.15) is 0 Å². The number of nitrogens with zero attached hydrogens (tertiary/aromatic N) is 2. The summed E-state index contributed by atoms with van der Waals surface area (Å²) in [6.45, 7) is 0. The monoisotopic (exact) mass is 471 g/mol. The average Bonchev–Trinajstić information content (AvgIpc) is 2.69. The van der Waals surface area contributed by atoms with E-state index in [4.69, 9.17) is 0 Å². The molecule has 4 nitrogen and oxygen atoms in total. The smallest absolute Gasteiger partial charge is 0.235 e. The zero-order chi connectivity index (χ0) is 20.3. The van der Waals surface area contributed by atoms with Gasteiger partial charge in [0.1, 0.15) is 5.69 Å². The number of thioether (sulfide) groups is 1. The summed E-state index contributed by atoms with van der Waals surface area (Å²) in [4.78, 5) is 20.3. The van der Waals surface area contributed by atoms with Crippen LogP contribution in [-0.2, 0) is 4.79 Å². The molecule has 0 aliphatic rings. The normalized spacial score (nSPS) is 10.8. The van der Waals surface area contributed by atoms with Crippen LogP contribution in [-0.4, -0.2) is 21.6 Å². The van der Waals surface area contributed by atoms with Gasteiger partial charge >= 0.3 is 0 Å². The number of aromatic nitrogens is 2. The van der Waals surface area contributed by atoms with Gasteiger partial charge in [-0.3, -0.25) is 4.79 Å². The lowest BCUT2D eigenvalue weighted by molar-refractivity contribution is -0.113. The lowest BCUT2D eigenvalue weighted by Gasteiger charge is -2.09. The molecule has 0 bridgehead atoms. The van der Waals surface area contributed by atoms with Crippen LogP contribution in [0.1, 0.15) is 0 Å². The fourth-order valence-corrected chi connectivity index (χ4v) is 3.08. The van der Waals surface area contributed by atoms with Crippen molar-refractivity contribution in [2.24, 2.45) is 0 Å². The van der Waals surface area contributed by atoms with E-state index in [1.54, 1.807) is 6.07 Å². The van der Waals surface area contributed by atoms with Gasteiger partial charge in [0.2, 0.25) is 5.91 Å². The van der Waals surface area contributed by atoms with Crippen LogP contribution in [0.5, 0.6) is 0 Å². The van der Waals surface area contributed by atoms with Gasteiger partial charge in [-0.15, -0.1) is 0 Å². The van der Waals surface area contributed by atoms with Gasteiger partial charge < -0.3 is 5.32 Å². The Bertz CT molecular complexity index is 1010. The first-order chi connectivity index (χ1) is 13.3. The zero-order valence-corrected chi connectivity index (χ0v) is 16.3. The van der Waals surface area contributed by atoms with Crippen LogP contribution in [0.15, 0.2) is 52.2 Å². The molecule has 0 atom stereocenters. The first kappa shape index (κ1) is 20.3. The topological polar surface area (TPSA) is 54.9 Å². The molecule has 0 fully saturated rings. The maximum atomic E-state index is 13.6. The van der Waals surface area contributed by atoms with Crippen molar-refractivity contribution in [3.63, 3.8) is 0 Å². The summed E-state index contributed by atoms with van der Waals surface area (Å²) < 4.78 is 54.5. The number of carbonyl (C=O) groups is 1. The molecule has 0 aliphatic carbocycles. The van der Waals surface area contributed by atoms with Gasteiger partial charge in [0.05, 0.1) is 11.4 Å². The second-order valence-electron chi connectivity index (χ2n) is 5.41. The van der Waals surface area contributed by atoms with Gasteiger partial charge in [-0.1, -0.05) is 39.8 Å². The van der Waals surface area contributed by atoms with E-state index in [0.717, 1.165) is 21.8 Å². The Morgan fingerprint density at radius 2 is 1.68 bits per heavy atom. The Labute approximate surface area is 169 Å². The second-order valence-corrected chi connectivity index (χ2v) is 7.27. The van der Waals surface area contributed by atoms with E-state index in [2.05, 4.69) is 25.9 Å². The maximum Gasteiger partial charge on any atom is 0.235 e. The van der Waals surface area contributed by atoms with Crippen molar-refractivity contribution < 1.29 is 22.4 Å². The number of hydrogen-bond donors (Lipinski definition) is 1. The van der Waals surface area contributed by atoms with Crippen LogP contribution in [0, 0.1) is 23.3 Å². The molecule has 3 rings (SSSR count). The molecule has 10 heteroatoms. The van der Waals surface area contributed by atoms with Crippen molar-refractivity contribution in [2.45, 2.75) is 5.16 Å². The molecule has 0 radical (unpaired) electrons. The predicted octanol–water partition coefficient (Wildman–Crippen LogP) is 5.19. The van der Waals surface area contributed by atoms with Gasteiger partial charge in [0.15, 0.2) is 28.4 Å². The van der Waals surface area contributed by atoms with E-state index in [0.29, 0.717) is 5.69 Å². The highest BCUT2D eigenvalue weighted by atomic mass is 79.9. The molecule has 0 unspecified atom stereocenters. The molecule has 0 aliphatic heterocycles. The number of halogens is 5. The summed E-state index contributed by atoms with van der Waals surface area (Å²) in [6, 6.07) is 9.14. The Hall–Kier alpha value is -2.46. The summed E-state index contributed by atoms with van der Waals surface area (Å²) in [7, 11) is 0. The summed E-state index contributed by atoms with van der Waals surface area (Å²) in [5, 5.41) is 2.08. The highest BCUT2D eigenvalue weighted by molar-refractivity contribution is 9.10. The summed E-state index contributed by atoms with van der Waals surface area (Å²) in [5.74, 6) is -7.75. The summed E-state index contributed by atoms with van der Waals surface area (Å²) in [6.07, 6.45) is 1.51. The van der Waals surface area contributed by atoms with Gasteiger partial charge in [-0.25, -0.2) is 27.5 Å².